The molecule has 0 radical (unpaired) electrons. The molecule has 0 bridgehead atoms. The number of anilines is 2. The van der Waals surface area contributed by atoms with Crippen LogP contribution in [0.1, 0.15) is 30.5 Å². The van der Waals surface area contributed by atoms with Crippen molar-refractivity contribution in [1.82, 2.24) is 15.0 Å². The molecular weight excluding hydrogens is 398 g/mol. The Bertz CT molecular complexity index is 1240. The first-order valence-electron chi connectivity index (χ1n) is 11.1. The van der Waals surface area contributed by atoms with Crippen LogP contribution >= 0.6 is 0 Å². The minimum atomic E-state index is -0.0473. The van der Waals surface area contributed by atoms with Gasteiger partial charge in [-0.3, -0.25) is 4.79 Å². The summed E-state index contributed by atoms with van der Waals surface area (Å²) in [6.45, 7) is 10.3. The Morgan fingerprint density at radius 3 is 2.25 bits per heavy atom. The number of nitrogens with zero attached hydrogens (tertiary/aromatic N) is 4. The lowest BCUT2D eigenvalue weighted by molar-refractivity contribution is -0.115. The van der Waals surface area contributed by atoms with E-state index in [9.17, 15) is 4.79 Å². The van der Waals surface area contributed by atoms with E-state index in [0.29, 0.717) is 6.42 Å². The molecule has 32 heavy (non-hydrogen) atoms. The fourth-order valence-corrected chi connectivity index (χ4v) is 3.94. The molecule has 1 amide bonds. The maximum Gasteiger partial charge on any atom is 0.228 e. The second kappa shape index (κ2) is 9.22. The van der Waals surface area contributed by atoms with Crippen LogP contribution in [-0.2, 0) is 11.2 Å². The standard InChI is InChI=1S/C26H29N5O/c1-5-30(6-2)21-12-13-25(19(4)14-21)31-28-23-15-18(3)22(17-24(23)29-31)27-26(32)16-20-10-8-7-9-11-20/h7-15,17H,5-6,16H2,1-4H3,(H,27,32). The molecule has 3 aromatic carbocycles. The van der Waals surface area contributed by atoms with Crippen molar-refractivity contribution in [3.05, 3.63) is 77.4 Å². The van der Waals surface area contributed by atoms with Crippen LogP contribution in [0.25, 0.3) is 16.7 Å². The van der Waals surface area contributed by atoms with E-state index in [1.54, 1.807) is 4.80 Å². The van der Waals surface area contributed by atoms with E-state index < -0.39 is 0 Å². The number of nitrogens with one attached hydrogen (secondary N) is 1. The van der Waals surface area contributed by atoms with Crippen LogP contribution in [0.4, 0.5) is 11.4 Å². The van der Waals surface area contributed by atoms with Gasteiger partial charge in [0, 0.05) is 24.5 Å². The smallest absolute Gasteiger partial charge is 0.228 e. The van der Waals surface area contributed by atoms with Gasteiger partial charge in [-0.2, -0.15) is 4.80 Å². The Morgan fingerprint density at radius 2 is 1.59 bits per heavy atom. The molecule has 0 aliphatic rings. The lowest BCUT2D eigenvalue weighted by Crippen LogP contribution is -2.21. The molecule has 0 atom stereocenters. The van der Waals surface area contributed by atoms with Crippen LogP contribution in [-0.4, -0.2) is 34.0 Å². The zero-order valence-electron chi connectivity index (χ0n) is 19.1. The summed E-state index contributed by atoms with van der Waals surface area (Å²) in [5, 5.41) is 12.4. The number of fused-ring (bicyclic) bond motifs is 1. The number of aryl methyl sites for hydroxylation is 2. The number of carbonyl (C=O) groups excluding carboxylic acids is 1. The van der Waals surface area contributed by atoms with Gasteiger partial charge in [-0.1, -0.05) is 30.3 Å². The van der Waals surface area contributed by atoms with E-state index in [0.717, 1.165) is 52.2 Å². The monoisotopic (exact) mass is 427 g/mol. The van der Waals surface area contributed by atoms with Crippen molar-refractivity contribution in [3.8, 4) is 5.69 Å². The van der Waals surface area contributed by atoms with Crippen LogP contribution in [0.2, 0.25) is 0 Å². The second-order valence-corrected chi connectivity index (χ2v) is 8.00. The molecule has 0 spiro atoms. The van der Waals surface area contributed by atoms with Crippen molar-refractivity contribution in [3.63, 3.8) is 0 Å². The second-order valence-electron chi connectivity index (χ2n) is 8.00. The van der Waals surface area contributed by atoms with Gasteiger partial charge in [0.25, 0.3) is 0 Å². The van der Waals surface area contributed by atoms with E-state index in [1.165, 1.54) is 5.69 Å². The molecule has 4 rings (SSSR count). The Morgan fingerprint density at radius 1 is 0.906 bits per heavy atom. The molecule has 6 heteroatoms. The van der Waals surface area contributed by atoms with Crippen molar-refractivity contribution < 1.29 is 4.79 Å². The first kappa shape index (κ1) is 21.6. The Balaban J connectivity index is 1.59. The van der Waals surface area contributed by atoms with E-state index in [1.807, 2.05) is 49.4 Å². The van der Waals surface area contributed by atoms with Gasteiger partial charge in [0.2, 0.25) is 5.91 Å². The number of amides is 1. The third-order valence-electron chi connectivity index (χ3n) is 5.73. The molecule has 1 heterocycles. The van der Waals surface area contributed by atoms with Crippen molar-refractivity contribution in [2.75, 3.05) is 23.3 Å². The number of rotatable bonds is 7. The zero-order valence-corrected chi connectivity index (χ0v) is 19.1. The van der Waals surface area contributed by atoms with Crippen molar-refractivity contribution in [2.24, 2.45) is 0 Å². The predicted molar refractivity (Wildman–Crippen MR) is 131 cm³/mol. The summed E-state index contributed by atoms with van der Waals surface area (Å²) in [7, 11) is 0. The molecular formula is C26H29N5O. The predicted octanol–water partition coefficient (Wildman–Crippen LogP) is 5.06. The Kier molecular flexibility index (Phi) is 6.21. The van der Waals surface area contributed by atoms with Crippen molar-refractivity contribution in [1.29, 1.82) is 0 Å². The Labute approximate surface area is 188 Å². The fraction of sp³-hybridized carbons (Fsp3) is 0.269. The van der Waals surface area contributed by atoms with Gasteiger partial charge in [-0.05, 0) is 74.7 Å². The summed E-state index contributed by atoms with van der Waals surface area (Å²) < 4.78 is 0. The van der Waals surface area contributed by atoms with Crippen LogP contribution in [0.5, 0.6) is 0 Å². The van der Waals surface area contributed by atoms with Gasteiger partial charge < -0.3 is 10.2 Å². The molecule has 164 valence electrons. The molecule has 0 saturated carbocycles. The highest BCUT2D eigenvalue weighted by atomic mass is 16.1. The molecule has 0 unspecified atom stereocenters. The van der Waals surface area contributed by atoms with E-state index in [4.69, 9.17) is 5.10 Å². The lowest BCUT2D eigenvalue weighted by atomic mass is 10.1. The van der Waals surface area contributed by atoms with Gasteiger partial charge in [-0.15, -0.1) is 10.2 Å². The molecule has 4 aromatic rings. The SMILES string of the molecule is CCN(CC)c1ccc(-n2nc3cc(C)c(NC(=O)Cc4ccccc4)cc3n2)c(C)c1. The van der Waals surface area contributed by atoms with Crippen LogP contribution < -0.4 is 10.2 Å². The normalized spacial score (nSPS) is 11.0. The van der Waals surface area contributed by atoms with Gasteiger partial charge in [0.1, 0.15) is 11.0 Å². The topological polar surface area (TPSA) is 63.1 Å². The number of benzene rings is 3. The van der Waals surface area contributed by atoms with Crippen molar-refractivity contribution >= 4 is 28.3 Å². The minimum Gasteiger partial charge on any atom is -0.372 e. The van der Waals surface area contributed by atoms with Gasteiger partial charge in [0.05, 0.1) is 12.1 Å². The number of aromatic nitrogens is 3. The summed E-state index contributed by atoms with van der Waals surface area (Å²) in [5.41, 5.74) is 7.52. The highest BCUT2D eigenvalue weighted by Gasteiger charge is 2.13. The fourth-order valence-electron chi connectivity index (χ4n) is 3.94. The summed E-state index contributed by atoms with van der Waals surface area (Å²) >= 11 is 0. The molecule has 0 aliphatic heterocycles. The van der Waals surface area contributed by atoms with Gasteiger partial charge >= 0.3 is 0 Å². The third-order valence-corrected chi connectivity index (χ3v) is 5.73. The van der Waals surface area contributed by atoms with Crippen LogP contribution in [0.15, 0.2) is 60.7 Å². The summed E-state index contributed by atoms with van der Waals surface area (Å²) in [6.07, 6.45) is 0.336. The van der Waals surface area contributed by atoms with Crippen LogP contribution in [0, 0.1) is 13.8 Å². The lowest BCUT2D eigenvalue weighted by Gasteiger charge is -2.22. The highest BCUT2D eigenvalue weighted by molar-refractivity contribution is 5.95. The van der Waals surface area contributed by atoms with E-state index >= 15 is 0 Å². The van der Waals surface area contributed by atoms with E-state index in [2.05, 4.69) is 54.3 Å². The summed E-state index contributed by atoms with van der Waals surface area (Å²) in [4.78, 5) is 16.5. The molecule has 1 N–H and O–H groups in total. The van der Waals surface area contributed by atoms with Crippen LogP contribution in [0.3, 0.4) is 0 Å². The molecule has 6 nitrogen and oxygen atoms in total. The quantitative estimate of drug-likeness (QED) is 0.448. The number of carbonyl (C=O) groups is 1. The van der Waals surface area contributed by atoms with Gasteiger partial charge in [0.15, 0.2) is 0 Å². The molecule has 0 saturated heterocycles. The van der Waals surface area contributed by atoms with Crippen molar-refractivity contribution in [2.45, 2.75) is 34.1 Å². The first-order valence-corrected chi connectivity index (χ1v) is 11.1. The highest BCUT2D eigenvalue weighted by Crippen LogP contribution is 2.25. The summed E-state index contributed by atoms with van der Waals surface area (Å²) in [5.74, 6) is -0.0473. The zero-order chi connectivity index (χ0) is 22.7. The average Bonchev–Trinajstić information content (AvgIpc) is 3.18. The minimum absolute atomic E-state index is 0.0473. The first-order chi connectivity index (χ1) is 15.5. The molecule has 0 aliphatic carbocycles. The Hall–Kier alpha value is -3.67. The largest absolute Gasteiger partial charge is 0.372 e. The third kappa shape index (κ3) is 4.49. The number of hydrogen-bond acceptors (Lipinski definition) is 4. The molecule has 0 fully saturated rings. The van der Waals surface area contributed by atoms with Gasteiger partial charge in [-0.25, -0.2) is 0 Å². The maximum atomic E-state index is 12.5. The molecule has 1 aromatic heterocycles. The van der Waals surface area contributed by atoms with E-state index in [-0.39, 0.29) is 5.91 Å². The maximum absolute atomic E-state index is 12.5. The summed E-state index contributed by atoms with van der Waals surface area (Å²) in [6, 6.07) is 20.0. The number of hydrogen-bond donors (Lipinski definition) is 1. The average molecular weight is 428 g/mol.